The number of nitrogens with zero attached hydrogens (tertiary/aromatic N) is 1. The Morgan fingerprint density at radius 2 is 2.04 bits per heavy atom. The van der Waals surface area contributed by atoms with Crippen molar-refractivity contribution < 1.29 is 9.18 Å². The van der Waals surface area contributed by atoms with Gasteiger partial charge in [-0.05, 0) is 37.8 Å². The monoisotopic (exact) mass is 358 g/mol. The molecule has 2 aliphatic heterocycles. The summed E-state index contributed by atoms with van der Waals surface area (Å²) in [4.78, 5) is 14.7. The number of benzene rings is 1. The van der Waals surface area contributed by atoms with E-state index in [4.69, 9.17) is 11.6 Å². The second-order valence-electron chi connectivity index (χ2n) is 6.79. The zero-order valence-corrected chi connectivity index (χ0v) is 14.4. The zero-order chi connectivity index (χ0) is 15.3. The topological polar surface area (TPSA) is 32.3 Å². The molecule has 1 saturated carbocycles. The quantitative estimate of drug-likeness (QED) is 0.878. The van der Waals surface area contributed by atoms with Crippen molar-refractivity contribution >= 4 is 29.9 Å². The molecule has 1 aromatic rings. The summed E-state index contributed by atoms with van der Waals surface area (Å²) >= 11 is 6.12. The van der Waals surface area contributed by atoms with Crippen LogP contribution in [0.1, 0.15) is 37.2 Å². The minimum Gasteiger partial charge on any atom is -0.341 e. The van der Waals surface area contributed by atoms with Crippen LogP contribution in [0.2, 0.25) is 5.02 Å². The van der Waals surface area contributed by atoms with Crippen molar-refractivity contribution in [3.63, 3.8) is 0 Å². The summed E-state index contributed by atoms with van der Waals surface area (Å²) in [6.07, 6.45) is 4.13. The second kappa shape index (κ2) is 6.58. The van der Waals surface area contributed by atoms with Crippen molar-refractivity contribution in [2.24, 2.45) is 5.92 Å². The molecule has 3 aliphatic rings. The minimum absolute atomic E-state index is 0. The van der Waals surface area contributed by atoms with E-state index < -0.39 is 0 Å². The first kappa shape index (κ1) is 17.0. The molecule has 23 heavy (non-hydrogen) atoms. The molecule has 126 valence electrons. The van der Waals surface area contributed by atoms with Crippen LogP contribution >= 0.6 is 24.0 Å². The minimum atomic E-state index is -0.288. The molecule has 3 fully saturated rings. The van der Waals surface area contributed by atoms with Gasteiger partial charge in [0.1, 0.15) is 5.82 Å². The number of rotatable bonds is 2. The first-order chi connectivity index (χ1) is 10.6. The third-order valence-corrected chi connectivity index (χ3v) is 5.64. The van der Waals surface area contributed by atoms with Gasteiger partial charge >= 0.3 is 0 Å². The molecule has 0 radical (unpaired) electrons. The van der Waals surface area contributed by atoms with Gasteiger partial charge in [0.05, 0.1) is 0 Å². The summed E-state index contributed by atoms with van der Waals surface area (Å²) < 4.78 is 14.0. The van der Waals surface area contributed by atoms with Crippen molar-refractivity contribution in [2.75, 3.05) is 13.1 Å². The van der Waals surface area contributed by atoms with Crippen molar-refractivity contribution in [3.05, 3.63) is 34.6 Å². The highest BCUT2D eigenvalue weighted by atomic mass is 35.5. The Bertz CT molecular complexity index is 592. The Morgan fingerprint density at radius 1 is 1.26 bits per heavy atom. The number of fused-ring (bicyclic) bond motifs is 2. The lowest BCUT2D eigenvalue weighted by Gasteiger charge is -2.24. The number of carbonyl (C=O) groups is 1. The average molecular weight is 359 g/mol. The van der Waals surface area contributed by atoms with Gasteiger partial charge in [0.2, 0.25) is 5.91 Å². The third-order valence-electron chi connectivity index (χ3n) is 5.31. The highest BCUT2D eigenvalue weighted by molar-refractivity contribution is 6.31. The molecular weight excluding hydrogens is 338 g/mol. The maximum atomic E-state index is 14.0. The maximum absolute atomic E-state index is 14.0. The van der Waals surface area contributed by atoms with Gasteiger partial charge in [-0.25, -0.2) is 4.39 Å². The van der Waals surface area contributed by atoms with E-state index in [0.29, 0.717) is 22.7 Å². The molecule has 1 aliphatic carbocycles. The fourth-order valence-electron chi connectivity index (χ4n) is 4.03. The van der Waals surface area contributed by atoms with E-state index in [9.17, 15) is 9.18 Å². The van der Waals surface area contributed by atoms with Gasteiger partial charge in [-0.3, -0.25) is 4.79 Å². The Balaban J connectivity index is 0.00000156. The predicted molar refractivity (Wildman–Crippen MR) is 90.6 cm³/mol. The van der Waals surface area contributed by atoms with Crippen molar-refractivity contribution in [2.45, 2.75) is 43.7 Å². The van der Waals surface area contributed by atoms with Crippen LogP contribution < -0.4 is 5.32 Å². The zero-order valence-electron chi connectivity index (χ0n) is 12.8. The Morgan fingerprint density at radius 3 is 2.83 bits per heavy atom. The maximum Gasteiger partial charge on any atom is 0.226 e. The van der Waals surface area contributed by atoms with Gasteiger partial charge in [-0.2, -0.15) is 0 Å². The van der Waals surface area contributed by atoms with Crippen LogP contribution in [-0.4, -0.2) is 36.0 Å². The molecule has 2 heterocycles. The summed E-state index contributed by atoms with van der Waals surface area (Å²) in [6.45, 7) is 1.62. The van der Waals surface area contributed by atoms with Crippen LogP contribution in [0.3, 0.4) is 0 Å². The van der Waals surface area contributed by atoms with E-state index >= 15 is 0 Å². The highest BCUT2D eigenvalue weighted by Gasteiger charge is 2.48. The molecule has 4 atom stereocenters. The summed E-state index contributed by atoms with van der Waals surface area (Å²) in [7, 11) is 0. The molecule has 6 heteroatoms. The summed E-state index contributed by atoms with van der Waals surface area (Å²) in [6, 6.07) is 5.74. The van der Waals surface area contributed by atoms with Crippen LogP contribution in [-0.2, 0) is 4.79 Å². The summed E-state index contributed by atoms with van der Waals surface area (Å²) in [5, 5.41) is 4.02. The lowest BCUT2D eigenvalue weighted by atomic mass is 10.1. The molecule has 2 saturated heterocycles. The molecule has 1 aromatic carbocycles. The third kappa shape index (κ3) is 3.21. The van der Waals surface area contributed by atoms with Crippen LogP contribution in [0.25, 0.3) is 0 Å². The Labute approximate surface area is 147 Å². The molecule has 3 nitrogen and oxygen atoms in total. The smallest absolute Gasteiger partial charge is 0.226 e. The molecule has 1 amide bonds. The van der Waals surface area contributed by atoms with Crippen LogP contribution in [0.4, 0.5) is 4.39 Å². The predicted octanol–water partition coefficient (Wildman–Crippen LogP) is 3.36. The number of amides is 1. The van der Waals surface area contributed by atoms with Crippen LogP contribution in [0, 0.1) is 11.7 Å². The summed E-state index contributed by atoms with van der Waals surface area (Å²) in [5.41, 5.74) is 0.525. The Kier molecular flexibility index (Phi) is 4.86. The first-order valence-corrected chi connectivity index (χ1v) is 8.50. The van der Waals surface area contributed by atoms with E-state index in [-0.39, 0.29) is 36.0 Å². The number of hydrogen-bond donors (Lipinski definition) is 1. The number of likely N-dealkylation sites (tertiary alicyclic amines) is 1. The first-order valence-electron chi connectivity index (χ1n) is 8.12. The number of nitrogens with one attached hydrogen (secondary N) is 1. The number of halogens is 3. The lowest BCUT2D eigenvalue weighted by molar-refractivity contribution is -0.132. The largest absolute Gasteiger partial charge is 0.341 e. The molecule has 2 bridgehead atoms. The van der Waals surface area contributed by atoms with Crippen molar-refractivity contribution in [1.82, 2.24) is 10.2 Å². The Hall–Kier alpha value is -0.840. The fraction of sp³-hybridized carbons (Fsp3) is 0.588. The number of hydrogen-bond acceptors (Lipinski definition) is 2. The second-order valence-corrected chi connectivity index (χ2v) is 7.20. The van der Waals surface area contributed by atoms with E-state index in [2.05, 4.69) is 5.32 Å². The van der Waals surface area contributed by atoms with Gasteiger partial charge in [-0.1, -0.05) is 17.7 Å². The lowest BCUT2D eigenvalue weighted by Crippen LogP contribution is -2.40. The average Bonchev–Trinajstić information content (AvgIpc) is 3.16. The highest BCUT2D eigenvalue weighted by Crippen LogP contribution is 2.51. The van der Waals surface area contributed by atoms with Gasteiger partial charge in [-0.15, -0.1) is 12.4 Å². The van der Waals surface area contributed by atoms with Gasteiger partial charge in [0.25, 0.3) is 0 Å². The number of carbonyl (C=O) groups excluding carboxylic acids is 1. The van der Waals surface area contributed by atoms with Gasteiger partial charge in [0.15, 0.2) is 0 Å². The fourth-order valence-corrected chi connectivity index (χ4v) is 4.33. The van der Waals surface area contributed by atoms with Crippen LogP contribution in [0.15, 0.2) is 18.2 Å². The normalized spacial score (nSPS) is 32.2. The van der Waals surface area contributed by atoms with E-state index in [1.807, 2.05) is 4.90 Å². The van der Waals surface area contributed by atoms with Gasteiger partial charge < -0.3 is 10.2 Å². The van der Waals surface area contributed by atoms with E-state index in [1.54, 1.807) is 12.1 Å². The standard InChI is InChI=1S/C17H20ClFN2O.ClH/c18-14-2-1-3-15(19)16(14)12-8-13(12)17(22)21-7-6-10-4-5-11(9-21)20-10;/h1-3,10-13,20H,4-9H2;1H. The molecule has 0 aromatic heterocycles. The van der Waals surface area contributed by atoms with Crippen molar-refractivity contribution in [1.29, 1.82) is 0 Å². The van der Waals surface area contributed by atoms with E-state index in [0.717, 1.165) is 32.4 Å². The van der Waals surface area contributed by atoms with Gasteiger partial charge in [0, 0.05) is 47.6 Å². The van der Waals surface area contributed by atoms with Crippen molar-refractivity contribution in [3.8, 4) is 0 Å². The SMILES string of the molecule is Cl.O=C(C1CC1c1c(F)cccc1Cl)N1CCC2CCC(C1)N2. The summed E-state index contributed by atoms with van der Waals surface area (Å²) in [5.74, 6) is -0.247. The van der Waals surface area contributed by atoms with Crippen LogP contribution in [0.5, 0.6) is 0 Å². The molecule has 4 unspecified atom stereocenters. The van der Waals surface area contributed by atoms with E-state index in [1.165, 1.54) is 12.5 Å². The molecule has 4 rings (SSSR count). The molecule has 1 N–H and O–H groups in total. The molecular formula is C17H21Cl2FN2O. The molecule has 0 spiro atoms.